The van der Waals surface area contributed by atoms with Crippen LogP contribution < -0.4 is 0 Å². The van der Waals surface area contributed by atoms with Gasteiger partial charge in [0.1, 0.15) is 0 Å². The van der Waals surface area contributed by atoms with Crippen LogP contribution in [0.1, 0.15) is 5.56 Å². The molecule has 0 unspecified atom stereocenters. The summed E-state index contributed by atoms with van der Waals surface area (Å²) < 4.78 is 3.21. The largest absolute Gasteiger partial charge is 0.481 e. The van der Waals surface area contributed by atoms with E-state index in [1.165, 1.54) is 29.2 Å². The third kappa shape index (κ3) is 3.11. The molecule has 10 nitrogen and oxygen atoms in total. The smallest absolute Gasteiger partial charge is 0.307 e. The molecule has 1 aromatic carbocycles. The molecule has 0 bridgehead atoms. The minimum atomic E-state index is -0.912. The van der Waals surface area contributed by atoms with Gasteiger partial charge in [0.05, 0.1) is 35.5 Å². The molecule has 3 heterocycles. The van der Waals surface area contributed by atoms with Gasteiger partial charge < -0.3 is 9.67 Å². The standard InChI is InChI=1S/C17H12N6O4/c24-17(25)5-11-3-4-21(10-11)15-8-18-9-16(20-15)22-14-2-1-13(23(26)27)6-12(14)7-19-22/h1-4,6-10H,5H2,(H,24,25). The van der Waals surface area contributed by atoms with Gasteiger partial charge in [0.25, 0.3) is 5.69 Å². The molecule has 0 aliphatic heterocycles. The summed E-state index contributed by atoms with van der Waals surface area (Å²) in [4.78, 5) is 29.9. The second kappa shape index (κ2) is 6.33. The lowest BCUT2D eigenvalue weighted by atomic mass is 10.2. The number of hydrogen-bond acceptors (Lipinski definition) is 6. The van der Waals surface area contributed by atoms with Crippen molar-refractivity contribution in [1.82, 2.24) is 24.3 Å². The second-order valence-electron chi connectivity index (χ2n) is 5.79. The zero-order valence-corrected chi connectivity index (χ0v) is 13.8. The molecule has 0 atom stereocenters. The summed E-state index contributed by atoms with van der Waals surface area (Å²) in [7, 11) is 0. The van der Waals surface area contributed by atoms with Crippen molar-refractivity contribution in [3.63, 3.8) is 0 Å². The lowest BCUT2D eigenvalue weighted by Gasteiger charge is -2.06. The van der Waals surface area contributed by atoms with E-state index in [0.29, 0.717) is 28.1 Å². The summed E-state index contributed by atoms with van der Waals surface area (Å²) in [5, 5.41) is 24.6. The molecule has 4 rings (SSSR count). The topological polar surface area (TPSA) is 129 Å². The van der Waals surface area contributed by atoms with E-state index in [9.17, 15) is 14.9 Å². The predicted molar refractivity (Wildman–Crippen MR) is 94.0 cm³/mol. The van der Waals surface area contributed by atoms with E-state index < -0.39 is 10.9 Å². The molecule has 0 saturated carbocycles. The van der Waals surface area contributed by atoms with Gasteiger partial charge in [0.2, 0.25) is 0 Å². The Kier molecular flexibility index (Phi) is 3.84. The van der Waals surface area contributed by atoms with E-state index in [0.717, 1.165) is 0 Å². The molecule has 0 amide bonds. The first-order valence-corrected chi connectivity index (χ1v) is 7.85. The molecule has 0 saturated heterocycles. The highest BCUT2D eigenvalue weighted by Crippen LogP contribution is 2.22. The van der Waals surface area contributed by atoms with Gasteiger partial charge in [-0.15, -0.1) is 0 Å². The Labute approximate surface area is 151 Å². The average Bonchev–Trinajstić information content (AvgIpc) is 3.27. The van der Waals surface area contributed by atoms with E-state index in [4.69, 9.17) is 5.11 Å². The highest BCUT2D eigenvalue weighted by molar-refractivity contribution is 5.82. The molecule has 0 spiro atoms. The number of fused-ring (bicyclic) bond motifs is 1. The number of nitro groups is 1. The Balaban J connectivity index is 1.72. The van der Waals surface area contributed by atoms with Crippen molar-refractivity contribution >= 4 is 22.6 Å². The molecule has 0 fully saturated rings. The lowest BCUT2D eigenvalue weighted by Crippen LogP contribution is -2.04. The van der Waals surface area contributed by atoms with Crippen LogP contribution in [0.4, 0.5) is 5.69 Å². The number of carbonyl (C=O) groups is 1. The summed E-state index contributed by atoms with van der Waals surface area (Å²) in [5.41, 5.74) is 1.29. The molecule has 4 aromatic rings. The highest BCUT2D eigenvalue weighted by atomic mass is 16.6. The number of carboxylic acids is 1. The summed E-state index contributed by atoms with van der Waals surface area (Å²) >= 11 is 0. The SMILES string of the molecule is O=C(O)Cc1ccn(-c2cncc(-n3ncc4cc([N+](=O)[O-])ccc43)n2)c1. The van der Waals surface area contributed by atoms with Crippen molar-refractivity contribution in [3.05, 3.63) is 70.9 Å². The molecule has 10 heteroatoms. The van der Waals surface area contributed by atoms with E-state index in [2.05, 4.69) is 15.1 Å². The third-order valence-electron chi connectivity index (χ3n) is 3.96. The molecular formula is C17H12N6O4. The molecule has 134 valence electrons. The fourth-order valence-corrected chi connectivity index (χ4v) is 2.75. The van der Waals surface area contributed by atoms with E-state index in [1.54, 1.807) is 35.3 Å². The van der Waals surface area contributed by atoms with Crippen molar-refractivity contribution < 1.29 is 14.8 Å². The fraction of sp³-hybridized carbons (Fsp3) is 0.0588. The number of non-ortho nitro benzene ring substituents is 1. The Morgan fingerprint density at radius 1 is 1.19 bits per heavy atom. The van der Waals surface area contributed by atoms with Gasteiger partial charge in [-0.05, 0) is 17.7 Å². The van der Waals surface area contributed by atoms with Gasteiger partial charge in [-0.3, -0.25) is 19.9 Å². The number of aromatic nitrogens is 5. The summed E-state index contributed by atoms with van der Waals surface area (Å²) in [5.74, 6) is 0.0178. The van der Waals surface area contributed by atoms with Crippen LogP contribution >= 0.6 is 0 Å². The van der Waals surface area contributed by atoms with Crippen molar-refractivity contribution in [3.8, 4) is 11.6 Å². The lowest BCUT2D eigenvalue weighted by molar-refractivity contribution is -0.384. The number of benzene rings is 1. The maximum atomic E-state index is 10.9. The number of rotatable bonds is 5. The van der Waals surface area contributed by atoms with Crippen LogP contribution in [0.2, 0.25) is 0 Å². The maximum absolute atomic E-state index is 10.9. The van der Waals surface area contributed by atoms with Crippen LogP contribution in [-0.4, -0.2) is 40.3 Å². The minimum absolute atomic E-state index is 0.0137. The first kappa shape index (κ1) is 16.4. The number of nitro benzene ring substituents is 1. The summed E-state index contributed by atoms with van der Waals surface area (Å²) in [6.45, 7) is 0. The van der Waals surface area contributed by atoms with Crippen LogP contribution in [0.3, 0.4) is 0 Å². The molecule has 0 radical (unpaired) electrons. The van der Waals surface area contributed by atoms with Crippen molar-refractivity contribution in [2.75, 3.05) is 0 Å². The van der Waals surface area contributed by atoms with Crippen molar-refractivity contribution in [1.29, 1.82) is 0 Å². The monoisotopic (exact) mass is 364 g/mol. The average molecular weight is 364 g/mol. The zero-order valence-electron chi connectivity index (χ0n) is 13.8. The zero-order chi connectivity index (χ0) is 19.0. The quantitative estimate of drug-likeness (QED) is 0.424. The van der Waals surface area contributed by atoms with Crippen molar-refractivity contribution in [2.45, 2.75) is 6.42 Å². The summed E-state index contributed by atoms with van der Waals surface area (Å²) in [6.07, 6.45) is 7.90. The molecule has 27 heavy (non-hydrogen) atoms. The Hall–Kier alpha value is -4.08. The Morgan fingerprint density at radius 2 is 2.00 bits per heavy atom. The molecule has 0 aliphatic carbocycles. The van der Waals surface area contributed by atoms with Crippen LogP contribution in [0, 0.1) is 10.1 Å². The van der Waals surface area contributed by atoms with Gasteiger partial charge in [-0.25, -0.2) is 9.67 Å². The first-order chi connectivity index (χ1) is 13.0. The normalized spacial score (nSPS) is 11.0. The van der Waals surface area contributed by atoms with Crippen molar-refractivity contribution in [2.24, 2.45) is 0 Å². The van der Waals surface area contributed by atoms with Crippen LogP contribution in [0.15, 0.2) is 55.2 Å². The minimum Gasteiger partial charge on any atom is -0.481 e. The summed E-state index contributed by atoms with van der Waals surface area (Å²) in [6, 6.07) is 6.16. The van der Waals surface area contributed by atoms with Crippen LogP contribution in [0.5, 0.6) is 0 Å². The number of aliphatic carboxylic acids is 1. The maximum Gasteiger partial charge on any atom is 0.307 e. The number of hydrogen-bond donors (Lipinski definition) is 1. The van der Waals surface area contributed by atoms with Gasteiger partial charge in [0, 0.05) is 29.9 Å². The Bertz CT molecular complexity index is 1180. The van der Waals surface area contributed by atoms with E-state index >= 15 is 0 Å². The number of carboxylic acid groups (broad SMARTS) is 1. The molecular weight excluding hydrogens is 352 g/mol. The van der Waals surface area contributed by atoms with Gasteiger partial charge in [-0.2, -0.15) is 5.10 Å². The van der Waals surface area contributed by atoms with Gasteiger partial charge in [-0.1, -0.05) is 0 Å². The van der Waals surface area contributed by atoms with E-state index in [1.807, 2.05) is 0 Å². The first-order valence-electron chi connectivity index (χ1n) is 7.85. The second-order valence-corrected chi connectivity index (χ2v) is 5.79. The molecule has 3 aromatic heterocycles. The predicted octanol–water partition coefficient (Wildman–Crippen LogP) is 2.14. The molecule has 1 N–H and O–H groups in total. The van der Waals surface area contributed by atoms with Crippen LogP contribution in [-0.2, 0) is 11.2 Å². The van der Waals surface area contributed by atoms with Crippen LogP contribution in [0.25, 0.3) is 22.5 Å². The van der Waals surface area contributed by atoms with E-state index in [-0.39, 0.29) is 12.1 Å². The number of nitrogens with zero attached hydrogens (tertiary/aromatic N) is 6. The third-order valence-corrected chi connectivity index (χ3v) is 3.96. The highest BCUT2D eigenvalue weighted by Gasteiger charge is 2.12. The Morgan fingerprint density at radius 3 is 2.78 bits per heavy atom. The molecule has 0 aliphatic rings. The van der Waals surface area contributed by atoms with Gasteiger partial charge >= 0.3 is 5.97 Å². The van der Waals surface area contributed by atoms with Gasteiger partial charge in [0.15, 0.2) is 11.6 Å². The fourth-order valence-electron chi connectivity index (χ4n) is 2.75.